The molecule has 1 aliphatic carbocycles. The fourth-order valence-electron chi connectivity index (χ4n) is 1.64. The second-order valence-corrected chi connectivity index (χ2v) is 3.46. The fourth-order valence-corrected chi connectivity index (χ4v) is 1.64. The molecule has 1 saturated carbocycles. The van der Waals surface area contributed by atoms with Crippen LogP contribution in [0.15, 0.2) is 18.2 Å². The minimum atomic E-state index is -0.890. The molecule has 4 heteroatoms. The van der Waals surface area contributed by atoms with E-state index in [0.29, 0.717) is 12.0 Å². The van der Waals surface area contributed by atoms with E-state index in [1.165, 1.54) is 6.07 Å². The van der Waals surface area contributed by atoms with E-state index in [9.17, 15) is 14.3 Å². The lowest BCUT2D eigenvalue weighted by Gasteiger charge is -2.02. The molecule has 1 aliphatic rings. The first kappa shape index (κ1) is 8.99. The molecule has 14 heavy (non-hydrogen) atoms. The Morgan fingerprint density at radius 3 is 2.79 bits per heavy atom. The Morgan fingerprint density at radius 1 is 1.50 bits per heavy atom. The molecule has 0 spiro atoms. The molecular weight excluding hydrogens is 187 g/mol. The highest BCUT2D eigenvalue weighted by Gasteiger charge is 2.45. The predicted octanol–water partition coefficient (Wildman–Crippen LogP) is 1.72. The normalized spacial score (nSPS) is 24.6. The van der Waals surface area contributed by atoms with Crippen molar-refractivity contribution in [3.8, 4) is 5.75 Å². The number of carboxylic acid groups (broad SMARTS) is 1. The van der Waals surface area contributed by atoms with E-state index in [1.807, 2.05) is 0 Å². The monoisotopic (exact) mass is 196 g/mol. The van der Waals surface area contributed by atoms with Crippen molar-refractivity contribution < 1.29 is 19.4 Å². The standard InChI is InChI=1S/C10H9FO3/c11-8-3-1-2-5(9(8)12)6-4-7(6)10(13)14/h1-3,6-7,12H,4H2,(H,13,14). The molecule has 2 unspecified atom stereocenters. The van der Waals surface area contributed by atoms with Crippen LogP contribution < -0.4 is 0 Å². The zero-order valence-corrected chi connectivity index (χ0v) is 7.27. The minimum absolute atomic E-state index is 0.233. The zero-order valence-electron chi connectivity index (χ0n) is 7.27. The van der Waals surface area contributed by atoms with Gasteiger partial charge in [-0.25, -0.2) is 4.39 Å². The number of phenols is 1. The van der Waals surface area contributed by atoms with Gasteiger partial charge < -0.3 is 10.2 Å². The number of aliphatic carboxylic acids is 1. The second kappa shape index (κ2) is 2.97. The molecule has 0 aliphatic heterocycles. The van der Waals surface area contributed by atoms with Crippen molar-refractivity contribution in [2.75, 3.05) is 0 Å². The topological polar surface area (TPSA) is 57.5 Å². The van der Waals surface area contributed by atoms with E-state index in [-0.39, 0.29) is 5.92 Å². The summed E-state index contributed by atoms with van der Waals surface area (Å²) in [6.07, 6.45) is 0.479. The number of carboxylic acids is 1. The summed E-state index contributed by atoms with van der Waals surface area (Å²) < 4.78 is 12.9. The third-order valence-electron chi connectivity index (χ3n) is 2.53. The zero-order chi connectivity index (χ0) is 10.3. The average Bonchev–Trinajstić information content (AvgIpc) is 2.89. The molecule has 0 bridgehead atoms. The van der Waals surface area contributed by atoms with Crippen LogP contribution in [0.4, 0.5) is 4.39 Å². The predicted molar refractivity (Wildman–Crippen MR) is 46.5 cm³/mol. The summed E-state index contributed by atoms with van der Waals surface area (Å²) in [5.41, 5.74) is 0.400. The molecule has 2 N–H and O–H groups in total. The number of hydrogen-bond acceptors (Lipinski definition) is 2. The maximum atomic E-state index is 12.9. The van der Waals surface area contributed by atoms with Crippen LogP contribution in [0.25, 0.3) is 0 Å². The molecule has 1 aromatic carbocycles. The number of halogens is 1. The second-order valence-electron chi connectivity index (χ2n) is 3.46. The van der Waals surface area contributed by atoms with Gasteiger partial charge in [-0.2, -0.15) is 0 Å². The van der Waals surface area contributed by atoms with Gasteiger partial charge in [0.15, 0.2) is 11.6 Å². The molecule has 0 radical (unpaired) electrons. The van der Waals surface area contributed by atoms with Gasteiger partial charge in [0.25, 0.3) is 0 Å². The smallest absolute Gasteiger partial charge is 0.307 e. The van der Waals surface area contributed by atoms with Crippen LogP contribution in [0.3, 0.4) is 0 Å². The summed E-state index contributed by atoms with van der Waals surface area (Å²) >= 11 is 0. The van der Waals surface area contributed by atoms with Gasteiger partial charge in [-0.3, -0.25) is 4.79 Å². The number of para-hydroxylation sites is 1. The van der Waals surface area contributed by atoms with Crippen LogP contribution in [0.1, 0.15) is 17.9 Å². The van der Waals surface area contributed by atoms with E-state index in [2.05, 4.69) is 0 Å². The number of aromatic hydroxyl groups is 1. The molecule has 1 aromatic rings. The summed E-state index contributed by atoms with van der Waals surface area (Å²) in [5, 5.41) is 18.0. The van der Waals surface area contributed by atoms with E-state index in [1.54, 1.807) is 6.07 Å². The number of hydrogen-bond donors (Lipinski definition) is 2. The van der Waals surface area contributed by atoms with Crippen molar-refractivity contribution in [1.29, 1.82) is 0 Å². The molecule has 74 valence electrons. The van der Waals surface area contributed by atoms with Crippen LogP contribution >= 0.6 is 0 Å². The number of carbonyl (C=O) groups is 1. The van der Waals surface area contributed by atoms with Crippen molar-refractivity contribution in [3.63, 3.8) is 0 Å². The molecule has 0 heterocycles. The van der Waals surface area contributed by atoms with Crippen molar-refractivity contribution >= 4 is 5.97 Å². The van der Waals surface area contributed by atoms with E-state index < -0.39 is 23.5 Å². The molecule has 1 fully saturated rings. The summed E-state index contributed by atoms with van der Waals surface area (Å²) in [7, 11) is 0. The molecule has 2 atom stereocenters. The Labute approximate surface area is 79.8 Å². The SMILES string of the molecule is O=C(O)C1CC1c1cccc(F)c1O. The van der Waals surface area contributed by atoms with Crippen molar-refractivity contribution in [2.45, 2.75) is 12.3 Å². The largest absolute Gasteiger partial charge is 0.505 e. The quantitative estimate of drug-likeness (QED) is 0.757. The first-order valence-electron chi connectivity index (χ1n) is 4.31. The Bertz CT molecular complexity index is 389. The minimum Gasteiger partial charge on any atom is -0.505 e. The average molecular weight is 196 g/mol. The van der Waals surface area contributed by atoms with Crippen LogP contribution in [-0.4, -0.2) is 16.2 Å². The molecule has 0 saturated heterocycles. The van der Waals surface area contributed by atoms with Gasteiger partial charge in [0.1, 0.15) is 0 Å². The summed E-state index contributed by atoms with van der Waals surface area (Å²) in [5.74, 6) is -2.70. The van der Waals surface area contributed by atoms with Gasteiger partial charge in [0.05, 0.1) is 5.92 Å². The van der Waals surface area contributed by atoms with Gasteiger partial charge in [-0.05, 0) is 12.5 Å². The van der Waals surface area contributed by atoms with Crippen LogP contribution in [0, 0.1) is 11.7 Å². The van der Waals surface area contributed by atoms with E-state index in [4.69, 9.17) is 5.11 Å². The fraction of sp³-hybridized carbons (Fsp3) is 0.300. The molecule has 2 rings (SSSR count). The first-order valence-corrected chi connectivity index (χ1v) is 4.31. The van der Waals surface area contributed by atoms with Crippen molar-refractivity contribution in [1.82, 2.24) is 0 Å². The Balaban J connectivity index is 2.27. The van der Waals surface area contributed by atoms with Gasteiger partial charge in [0, 0.05) is 11.5 Å². The lowest BCUT2D eigenvalue weighted by Crippen LogP contribution is -1.99. The Hall–Kier alpha value is -1.58. The lowest BCUT2D eigenvalue weighted by atomic mass is 10.1. The van der Waals surface area contributed by atoms with E-state index in [0.717, 1.165) is 6.07 Å². The summed E-state index contributed by atoms with van der Waals surface area (Å²) in [4.78, 5) is 10.6. The van der Waals surface area contributed by atoms with Crippen LogP contribution in [-0.2, 0) is 4.79 Å². The highest BCUT2D eigenvalue weighted by atomic mass is 19.1. The summed E-state index contributed by atoms with van der Waals surface area (Å²) in [6.45, 7) is 0. The number of phenolic OH excluding ortho intramolecular Hbond substituents is 1. The Kier molecular flexibility index (Phi) is 1.91. The summed E-state index contributed by atoms with van der Waals surface area (Å²) in [6, 6.07) is 4.19. The highest BCUT2D eigenvalue weighted by molar-refractivity contribution is 5.75. The van der Waals surface area contributed by atoms with Crippen LogP contribution in [0.2, 0.25) is 0 Å². The number of benzene rings is 1. The molecular formula is C10H9FO3. The Morgan fingerprint density at radius 2 is 2.21 bits per heavy atom. The first-order chi connectivity index (χ1) is 6.61. The third-order valence-corrected chi connectivity index (χ3v) is 2.53. The van der Waals surface area contributed by atoms with Crippen LogP contribution in [0.5, 0.6) is 5.75 Å². The third kappa shape index (κ3) is 1.32. The van der Waals surface area contributed by atoms with Gasteiger partial charge in [-0.15, -0.1) is 0 Å². The lowest BCUT2D eigenvalue weighted by molar-refractivity contribution is -0.138. The van der Waals surface area contributed by atoms with Crippen molar-refractivity contribution in [2.24, 2.45) is 5.92 Å². The van der Waals surface area contributed by atoms with Gasteiger partial charge in [0.2, 0.25) is 0 Å². The van der Waals surface area contributed by atoms with Gasteiger partial charge in [-0.1, -0.05) is 12.1 Å². The molecule has 0 aromatic heterocycles. The van der Waals surface area contributed by atoms with Crippen molar-refractivity contribution in [3.05, 3.63) is 29.6 Å². The molecule has 0 amide bonds. The maximum absolute atomic E-state index is 12.9. The molecule has 3 nitrogen and oxygen atoms in total. The highest BCUT2D eigenvalue weighted by Crippen LogP contribution is 2.50. The maximum Gasteiger partial charge on any atom is 0.307 e. The van der Waals surface area contributed by atoms with E-state index >= 15 is 0 Å². The van der Waals surface area contributed by atoms with Gasteiger partial charge >= 0.3 is 5.97 Å². The number of rotatable bonds is 2.